The SMILES string of the molecule is OCC1CCN(Cc2ccc(-c3nn[nH]n3)s2)C1. The molecule has 3 heterocycles. The number of thiophene rings is 1. The van der Waals surface area contributed by atoms with E-state index in [-0.39, 0.29) is 0 Å². The van der Waals surface area contributed by atoms with Crippen LogP contribution in [0.4, 0.5) is 0 Å². The van der Waals surface area contributed by atoms with E-state index in [4.69, 9.17) is 5.11 Å². The van der Waals surface area contributed by atoms with E-state index in [0.29, 0.717) is 18.3 Å². The molecule has 0 aromatic carbocycles. The Morgan fingerprint density at radius 2 is 2.44 bits per heavy atom. The zero-order chi connectivity index (χ0) is 12.4. The number of hydrogen-bond acceptors (Lipinski definition) is 6. The second-order valence-corrected chi connectivity index (χ2v) is 5.74. The first-order valence-corrected chi connectivity index (χ1v) is 6.82. The summed E-state index contributed by atoms with van der Waals surface area (Å²) in [6.45, 7) is 3.31. The molecule has 1 fully saturated rings. The monoisotopic (exact) mass is 265 g/mol. The van der Waals surface area contributed by atoms with E-state index in [9.17, 15) is 0 Å². The van der Waals surface area contributed by atoms with Crippen LogP contribution in [-0.2, 0) is 6.54 Å². The van der Waals surface area contributed by atoms with Gasteiger partial charge in [0.15, 0.2) is 0 Å². The fourth-order valence-corrected chi connectivity index (χ4v) is 3.25. The summed E-state index contributed by atoms with van der Waals surface area (Å²) in [7, 11) is 0. The third kappa shape index (κ3) is 2.43. The molecule has 2 N–H and O–H groups in total. The molecular weight excluding hydrogens is 250 g/mol. The van der Waals surface area contributed by atoms with Gasteiger partial charge >= 0.3 is 0 Å². The van der Waals surface area contributed by atoms with Crippen molar-refractivity contribution >= 4 is 11.3 Å². The number of likely N-dealkylation sites (tertiary alicyclic amines) is 1. The highest BCUT2D eigenvalue weighted by Gasteiger charge is 2.22. The Bertz CT molecular complexity index is 497. The molecule has 7 heteroatoms. The molecule has 1 atom stereocenters. The first kappa shape index (κ1) is 11.8. The number of aromatic amines is 1. The van der Waals surface area contributed by atoms with Crippen molar-refractivity contribution in [2.75, 3.05) is 19.7 Å². The number of nitrogens with zero attached hydrogens (tertiary/aromatic N) is 4. The Balaban J connectivity index is 1.64. The van der Waals surface area contributed by atoms with Gasteiger partial charge in [0.2, 0.25) is 5.82 Å². The fourth-order valence-electron chi connectivity index (χ4n) is 2.28. The van der Waals surface area contributed by atoms with Gasteiger partial charge in [-0.25, -0.2) is 0 Å². The molecule has 1 unspecified atom stereocenters. The van der Waals surface area contributed by atoms with Gasteiger partial charge in [-0.05, 0) is 36.2 Å². The Morgan fingerprint density at radius 3 is 3.17 bits per heavy atom. The molecule has 1 aliphatic heterocycles. The van der Waals surface area contributed by atoms with Gasteiger partial charge in [0, 0.05) is 24.6 Å². The molecular formula is C11H15N5OS. The Labute approximate surface area is 109 Å². The highest BCUT2D eigenvalue weighted by molar-refractivity contribution is 7.15. The lowest BCUT2D eigenvalue weighted by Crippen LogP contribution is -2.20. The smallest absolute Gasteiger partial charge is 0.214 e. The average molecular weight is 265 g/mol. The molecule has 0 bridgehead atoms. The van der Waals surface area contributed by atoms with Gasteiger partial charge in [0.1, 0.15) is 0 Å². The van der Waals surface area contributed by atoms with Gasteiger partial charge in [-0.2, -0.15) is 5.21 Å². The first-order chi connectivity index (χ1) is 8.85. The van der Waals surface area contributed by atoms with Crippen LogP contribution >= 0.6 is 11.3 Å². The second kappa shape index (κ2) is 5.13. The van der Waals surface area contributed by atoms with Crippen molar-refractivity contribution in [1.82, 2.24) is 25.5 Å². The van der Waals surface area contributed by atoms with Crippen LogP contribution in [0.2, 0.25) is 0 Å². The minimum Gasteiger partial charge on any atom is -0.396 e. The van der Waals surface area contributed by atoms with Crippen molar-refractivity contribution in [2.45, 2.75) is 13.0 Å². The van der Waals surface area contributed by atoms with Gasteiger partial charge in [0.25, 0.3) is 0 Å². The molecule has 0 spiro atoms. The maximum atomic E-state index is 9.13. The lowest BCUT2D eigenvalue weighted by molar-refractivity contribution is 0.220. The summed E-state index contributed by atoms with van der Waals surface area (Å²) in [6, 6.07) is 4.15. The Hall–Kier alpha value is -1.31. The van der Waals surface area contributed by atoms with E-state index in [0.717, 1.165) is 30.9 Å². The minimum absolute atomic E-state index is 0.301. The largest absolute Gasteiger partial charge is 0.396 e. The van der Waals surface area contributed by atoms with Crippen LogP contribution in [0.3, 0.4) is 0 Å². The lowest BCUT2D eigenvalue weighted by Gasteiger charge is -2.13. The number of aliphatic hydroxyl groups is 1. The predicted octanol–water partition coefficient (Wildman–Crippen LogP) is 0.742. The Kier molecular flexibility index (Phi) is 3.35. The molecule has 96 valence electrons. The van der Waals surface area contributed by atoms with E-state index < -0.39 is 0 Å². The molecule has 3 rings (SSSR count). The molecule has 1 aliphatic rings. The van der Waals surface area contributed by atoms with Gasteiger partial charge in [-0.15, -0.1) is 21.5 Å². The lowest BCUT2D eigenvalue weighted by atomic mass is 10.1. The molecule has 2 aromatic heterocycles. The van der Waals surface area contributed by atoms with Crippen LogP contribution in [-0.4, -0.2) is 50.3 Å². The molecule has 1 saturated heterocycles. The van der Waals surface area contributed by atoms with Crippen molar-refractivity contribution in [3.8, 4) is 10.7 Å². The molecule has 0 saturated carbocycles. The average Bonchev–Trinajstić information content (AvgIpc) is 3.10. The summed E-state index contributed by atoms with van der Waals surface area (Å²) < 4.78 is 0. The van der Waals surface area contributed by atoms with Crippen molar-refractivity contribution in [2.24, 2.45) is 5.92 Å². The van der Waals surface area contributed by atoms with E-state index in [1.165, 1.54) is 4.88 Å². The zero-order valence-electron chi connectivity index (χ0n) is 9.91. The summed E-state index contributed by atoms with van der Waals surface area (Å²) in [6.07, 6.45) is 1.10. The molecule has 18 heavy (non-hydrogen) atoms. The third-order valence-corrected chi connectivity index (χ3v) is 4.30. The van der Waals surface area contributed by atoms with Crippen molar-refractivity contribution in [1.29, 1.82) is 0 Å². The van der Waals surface area contributed by atoms with E-state index in [1.54, 1.807) is 11.3 Å². The molecule has 6 nitrogen and oxygen atoms in total. The van der Waals surface area contributed by atoms with Gasteiger partial charge in [-0.1, -0.05) is 0 Å². The number of aliphatic hydroxyl groups excluding tert-OH is 1. The molecule has 0 aliphatic carbocycles. The summed E-state index contributed by atoms with van der Waals surface area (Å²) in [5.74, 6) is 1.10. The maximum Gasteiger partial charge on any atom is 0.214 e. The topological polar surface area (TPSA) is 77.9 Å². The van der Waals surface area contributed by atoms with Crippen LogP contribution in [0.25, 0.3) is 10.7 Å². The third-order valence-electron chi connectivity index (χ3n) is 3.23. The van der Waals surface area contributed by atoms with Gasteiger partial charge in [0.05, 0.1) is 4.88 Å². The van der Waals surface area contributed by atoms with Crippen LogP contribution < -0.4 is 0 Å². The van der Waals surface area contributed by atoms with Crippen LogP contribution in [0.5, 0.6) is 0 Å². The Morgan fingerprint density at radius 1 is 1.50 bits per heavy atom. The zero-order valence-corrected chi connectivity index (χ0v) is 10.7. The van der Waals surface area contributed by atoms with Crippen LogP contribution in [0.15, 0.2) is 12.1 Å². The van der Waals surface area contributed by atoms with Gasteiger partial charge < -0.3 is 5.11 Å². The first-order valence-electron chi connectivity index (χ1n) is 6.01. The summed E-state index contributed by atoms with van der Waals surface area (Å²) in [4.78, 5) is 4.72. The van der Waals surface area contributed by atoms with E-state index in [1.807, 2.05) is 6.07 Å². The quantitative estimate of drug-likeness (QED) is 0.852. The summed E-state index contributed by atoms with van der Waals surface area (Å²) >= 11 is 1.70. The maximum absolute atomic E-state index is 9.13. The van der Waals surface area contributed by atoms with E-state index >= 15 is 0 Å². The van der Waals surface area contributed by atoms with Crippen LogP contribution in [0.1, 0.15) is 11.3 Å². The van der Waals surface area contributed by atoms with Gasteiger partial charge in [-0.3, -0.25) is 4.90 Å². The van der Waals surface area contributed by atoms with Crippen molar-refractivity contribution in [3.05, 3.63) is 17.0 Å². The predicted molar refractivity (Wildman–Crippen MR) is 68.0 cm³/mol. The number of hydrogen-bond donors (Lipinski definition) is 2. The number of rotatable bonds is 4. The normalized spacial score (nSPS) is 20.6. The number of nitrogens with one attached hydrogen (secondary N) is 1. The van der Waals surface area contributed by atoms with Crippen molar-refractivity contribution < 1.29 is 5.11 Å². The van der Waals surface area contributed by atoms with E-state index in [2.05, 4.69) is 31.6 Å². The second-order valence-electron chi connectivity index (χ2n) is 4.57. The highest BCUT2D eigenvalue weighted by atomic mass is 32.1. The fraction of sp³-hybridized carbons (Fsp3) is 0.545. The molecule has 0 amide bonds. The summed E-state index contributed by atoms with van der Waals surface area (Å²) in [5, 5.41) is 23.1. The standard InChI is InChI=1S/C11H15N5OS/c17-7-8-3-4-16(5-8)6-9-1-2-10(18-9)11-12-14-15-13-11/h1-2,8,17H,3-7H2,(H,12,13,14,15). The minimum atomic E-state index is 0.301. The van der Waals surface area contributed by atoms with Crippen LogP contribution in [0, 0.1) is 5.92 Å². The molecule has 2 aromatic rings. The summed E-state index contributed by atoms with van der Waals surface area (Å²) in [5.41, 5.74) is 0. The van der Waals surface area contributed by atoms with Crippen molar-refractivity contribution in [3.63, 3.8) is 0 Å². The number of tetrazole rings is 1. The molecule has 0 radical (unpaired) electrons. The number of H-pyrrole nitrogens is 1. The highest BCUT2D eigenvalue weighted by Crippen LogP contribution is 2.27. The number of aromatic nitrogens is 4.